The molecule has 0 aliphatic carbocycles. The van der Waals surface area contributed by atoms with Crippen molar-refractivity contribution in [3.63, 3.8) is 0 Å². The zero-order chi connectivity index (χ0) is 17.7. The summed E-state index contributed by atoms with van der Waals surface area (Å²) in [7, 11) is -1.61. The Morgan fingerprint density at radius 3 is 2.00 bits per heavy atom. The maximum atomic E-state index is 10.8. The minimum absolute atomic E-state index is 0.288. The number of rotatable bonds is 6. The second-order valence-corrected chi connectivity index (χ2v) is 5.95. The van der Waals surface area contributed by atoms with E-state index in [1.165, 1.54) is 12.1 Å². The molecule has 128 valence electrons. The van der Waals surface area contributed by atoms with Gasteiger partial charge in [0.05, 0.1) is 14.2 Å². The third kappa shape index (κ3) is 5.03. The van der Waals surface area contributed by atoms with Crippen molar-refractivity contribution in [2.75, 3.05) is 14.2 Å². The van der Waals surface area contributed by atoms with E-state index < -0.39 is 7.82 Å². The zero-order valence-corrected chi connectivity index (χ0v) is 13.9. The number of phenolic OH excluding ortho intramolecular Hbond substituents is 1. The molecule has 0 radical (unpaired) electrons. The van der Waals surface area contributed by atoms with E-state index in [2.05, 4.69) is 4.52 Å². The van der Waals surface area contributed by atoms with Crippen molar-refractivity contribution in [2.24, 2.45) is 0 Å². The van der Waals surface area contributed by atoms with E-state index >= 15 is 0 Å². The molecule has 0 saturated heterocycles. The van der Waals surface area contributed by atoms with Crippen molar-refractivity contribution in [3.8, 4) is 23.0 Å². The van der Waals surface area contributed by atoms with Crippen LogP contribution in [0.4, 0.5) is 0 Å². The first-order valence-electron chi connectivity index (χ1n) is 6.80. The summed E-state index contributed by atoms with van der Waals surface area (Å²) in [5.74, 6) is 0.622. The molecular weight excluding hydrogens is 335 g/mol. The number of ether oxygens (including phenoxy) is 2. The highest BCUT2D eigenvalue weighted by Crippen LogP contribution is 2.41. The number of hydrogen-bond acceptors (Lipinski definition) is 5. The van der Waals surface area contributed by atoms with Crippen molar-refractivity contribution in [1.29, 1.82) is 0 Å². The average Bonchev–Trinajstić information content (AvgIpc) is 2.53. The van der Waals surface area contributed by atoms with Crippen LogP contribution in [0.5, 0.6) is 23.0 Å². The van der Waals surface area contributed by atoms with Gasteiger partial charge in [0.2, 0.25) is 0 Å². The number of hydrogen-bond donors (Lipinski definition) is 3. The van der Waals surface area contributed by atoms with Gasteiger partial charge in [0.25, 0.3) is 0 Å². The normalized spacial score (nSPS) is 11.5. The monoisotopic (exact) mass is 352 g/mol. The van der Waals surface area contributed by atoms with E-state index in [4.69, 9.17) is 19.3 Å². The topological polar surface area (TPSA) is 105 Å². The van der Waals surface area contributed by atoms with Crippen LogP contribution in [0.1, 0.15) is 11.1 Å². The molecule has 0 saturated carbocycles. The minimum Gasteiger partial charge on any atom is -0.504 e. The number of phenols is 1. The van der Waals surface area contributed by atoms with Gasteiger partial charge < -0.3 is 19.1 Å². The lowest BCUT2D eigenvalue weighted by molar-refractivity contribution is 0.278. The van der Waals surface area contributed by atoms with Crippen LogP contribution in [0.2, 0.25) is 0 Å². The van der Waals surface area contributed by atoms with Crippen LogP contribution in [0, 0.1) is 0 Å². The molecule has 0 amide bonds. The Bertz CT molecular complexity index is 773. The molecule has 2 rings (SSSR count). The molecule has 8 heteroatoms. The second-order valence-electron chi connectivity index (χ2n) is 4.79. The summed E-state index contributed by atoms with van der Waals surface area (Å²) >= 11 is 0. The number of phosphoric acid groups is 1. The molecule has 0 bridgehead atoms. The SMILES string of the molecule is COc1cc(/C=C/c2ccc(OP(=O)(O)O)c(O)c2)cc(OC)c1. The Kier molecular flexibility index (Phi) is 5.51. The Hall–Kier alpha value is -2.47. The van der Waals surface area contributed by atoms with Gasteiger partial charge in [-0.2, -0.15) is 0 Å². The standard InChI is InChI=1S/C16H17O7P/c1-21-13-7-12(8-14(10-13)22-2)4-3-11-5-6-16(15(17)9-11)23-24(18,19)20/h3-10,17H,1-2H3,(H2,18,19,20)/b4-3+. The molecule has 0 fully saturated rings. The Morgan fingerprint density at radius 1 is 0.917 bits per heavy atom. The fraction of sp³-hybridized carbons (Fsp3) is 0.125. The summed E-state index contributed by atoms with van der Waals surface area (Å²) < 4.78 is 25.5. The first-order chi connectivity index (χ1) is 11.3. The second kappa shape index (κ2) is 7.40. The first-order valence-corrected chi connectivity index (χ1v) is 8.33. The van der Waals surface area contributed by atoms with E-state index in [-0.39, 0.29) is 11.5 Å². The molecule has 0 atom stereocenters. The fourth-order valence-corrected chi connectivity index (χ4v) is 2.37. The van der Waals surface area contributed by atoms with Crippen molar-refractivity contribution in [1.82, 2.24) is 0 Å². The zero-order valence-electron chi connectivity index (χ0n) is 13.0. The van der Waals surface area contributed by atoms with E-state index in [0.717, 1.165) is 5.56 Å². The summed E-state index contributed by atoms with van der Waals surface area (Å²) in [6.07, 6.45) is 3.50. The van der Waals surface area contributed by atoms with Gasteiger partial charge in [0.1, 0.15) is 11.5 Å². The van der Waals surface area contributed by atoms with Crippen LogP contribution in [-0.4, -0.2) is 29.1 Å². The van der Waals surface area contributed by atoms with Crippen LogP contribution in [-0.2, 0) is 4.57 Å². The number of aromatic hydroxyl groups is 1. The van der Waals surface area contributed by atoms with Gasteiger partial charge in [-0.1, -0.05) is 18.2 Å². The minimum atomic E-state index is -4.72. The highest BCUT2D eigenvalue weighted by molar-refractivity contribution is 7.46. The number of benzene rings is 2. The summed E-state index contributed by atoms with van der Waals surface area (Å²) in [4.78, 5) is 17.5. The highest BCUT2D eigenvalue weighted by Gasteiger charge is 2.18. The molecule has 0 aliphatic rings. The molecule has 0 heterocycles. The van der Waals surface area contributed by atoms with Gasteiger partial charge in [0, 0.05) is 6.07 Å². The molecule has 24 heavy (non-hydrogen) atoms. The summed E-state index contributed by atoms with van der Waals surface area (Å²) in [5, 5.41) is 9.77. The van der Waals surface area contributed by atoms with Gasteiger partial charge in [-0.3, -0.25) is 9.79 Å². The van der Waals surface area contributed by atoms with E-state index in [0.29, 0.717) is 17.1 Å². The van der Waals surface area contributed by atoms with Crippen LogP contribution in [0.15, 0.2) is 36.4 Å². The van der Waals surface area contributed by atoms with Crippen molar-refractivity contribution in [2.45, 2.75) is 0 Å². The van der Waals surface area contributed by atoms with Gasteiger partial charge in [-0.25, -0.2) is 4.57 Å². The Morgan fingerprint density at radius 2 is 1.50 bits per heavy atom. The van der Waals surface area contributed by atoms with Crippen molar-refractivity contribution in [3.05, 3.63) is 47.5 Å². The van der Waals surface area contributed by atoms with Gasteiger partial charge >= 0.3 is 7.82 Å². The molecule has 2 aromatic rings. The summed E-state index contributed by atoms with van der Waals surface area (Å²) in [5.41, 5.74) is 1.44. The largest absolute Gasteiger partial charge is 0.524 e. The lowest BCUT2D eigenvalue weighted by atomic mass is 10.1. The molecule has 7 nitrogen and oxygen atoms in total. The lowest BCUT2D eigenvalue weighted by Gasteiger charge is -2.09. The van der Waals surface area contributed by atoms with E-state index in [1.807, 2.05) is 12.1 Å². The average molecular weight is 352 g/mol. The third-order valence-electron chi connectivity index (χ3n) is 3.04. The number of phosphoric ester groups is 1. The smallest absolute Gasteiger partial charge is 0.504 e. The molecule has 2 aromatic carbocycles. The third-order valence-corrected chi connectivity index (χ3v) is 3.48. The van der Waals surface area contributed by atoms with Gasteiger partial charge in [-0.05, 0) is 35.4 Å². The predicted octanol–water partition coefficient (Wildman–Crippen LogP) is 3.05. The Balaban J connectivity index is 2.23. The molecular formula is C16H17O7P. The highest BCUT2D eigenvalue weighted by atomic mass is 31.2. The van der Waals surface area contributed by atoms with E-state index in [9.17, 15) is 9.67 Å². The Labute approximate surface area is 139 Å². The fourth-order valence-electron chi connectivity index (χ4n) is 1.96. The molecule has 3 N–H and O–H groups in total. The summed E-state index contributed by atoms with van der Waals surface area (Å²) in [6, 6.07) is 9.53. The van der Waals surface area contributed by atoms with Crippen molar-refractivity contribution < 1.29 is 33.5 Å². The maximum Gasteiger partial charge on any atom is 0.524 e. The van der Waals surface area contributed by atoms with Crippen molar-refractivity contribution >= 4 is 20.0 Å². The lowest BCUT2D eigenvalue weighted by Crippen LogP contribution is -1.90. The van der Waals surface area contributed by atoms with Gasteiger partial charge in [-0.15, -0.1) is 0 Å². The maximum absolute atomic E-state index is 10.8. The predicted molar refractivity (Wildman–Crippen MR) is 89.3 cm³/mol. The first kappa shape index (κ1) is 17.9. The quantitative estimate of drug-likeness (QED) is 0.542. The van der Waals surface area contributed by atoms with Crippen LogP contribution in [0.25, 0.3) is 12.2 Å². The molecule has 0 spiro atoms. The van der Waals surface area contributed by atoms with E-state index in [1.54, 1.807) is 38.5 Å². The summed E-state index contributed by atoms with van der Waals surface area (Å²) in [6.45, 7) is 0. The van der Waals surface area contributed by atoms with Gasteiger partial charge in [0.15, 0.2) is 11.5 Å². The molecule has 0 unspecified atom stereocenters. The van der Waals surface area contributed by atoms with Crippen LogP contribution in [0.3, 0.4) is 0 Å². The number of methoxy groups -OCH3 is 2. The molecule has 0 aliphatic heterocycles. The van der Waals surface area contributed by atoms with Crippen LogP contribution >= 0.6 is 7.82 Å². The molecule has 0 aromatic heterocycles. The van der Waals surface area contributed by atoms with Crippen LogP contribution < -0.4 is 14.0 Å².